The third-order valence-corrected chi connectivity index (χ3v) is 5.35. The van der Waals surface area contributed by atoms with Gasteiger partial charge in [-0.2, -0.15) is 0 Å². The first-order valence-corrected chi connectivity index (χ1v) is 10.5. The first-order chi connectivity index (χ1) is 14.9. The fourth-order valence-corrected chi connectivity index (χ4v) is 3.71. The fraction of sp³-hybridized carbons (Fsp3) is 0.308. The number of nitrogens with one attached hydrogen (secondary N) is 1. The molecule has 3 aromatic rings. The van der Waals surface area contributed by atoms with Gasteiger partial charge in [0.15, 0.2) is 0 Å². The maximum absolute atomic E-state index is 6.34. The van der Waals surface area contributed by atoms with Crippen molar-refractivity contribution < 1.29 is 14.2 Å². The average molecular weight is 404 g/mol. The van der Waals surface area contributed by atoms with Gasteiger partial charge in [-0.3, -0.25) is 0 Å². The highest BCUT2D eigenvalue weighted by Crippen LogP contribution is 2.20. The Bertz CT molecular complexity index is 857. The minimum absolute atomic E-state index is 0.0146. The van der Waals surface area contributed by atoms with Gasteiger partial charge in [-0.05, 0) is 16.7 Å². The molecule has 1 aliphatic rings. The molecule has 1 aliphatic heterocycles. The quantitative estimate of drug-likeness (QED) is 0.546. The van der Waals surface area contributed by atoms with Crippen LogP contribution >= 0.6 is 0 Å². The van der Waals surface area contributed by atoms with Crippen molar-refractivity contribution in [1.29, 1.82) is 0 Å². The third kappa shape index (κ3) is 6.00. The lowest BCUT2D eigenvalue weighted by Gasteiger charge is -2.25. The summed E-state index contributed by atoms with van der Waals surface area (Å²) in [4.78, 5) is 0. The molecule has 0 aliphatic carbocycles. The fourth-order valence-electron chi connectivity index (χ4n) is 3.71. The summed E-state index contributed by atoms with van der Waals surface area (Å²) in [5.41, 5.74) is 3.51. The van der Waals surface area contributed by atoms with Gasteiger partial charge in [0.25, 0.3) is 0 Å². The Hall–Kier alpha value is -2.50. The molecular weight excluding hydrogens is 374 g/mol. The Labute approximate surface area is 178 Å². The lowest BCUT2D eigenvalue weighted by atomic mass is 10.1. The first kappa shape index (κ1) is 20.8. The molecule has 3 unspecified atom stereocenters. The van der Waals surface area contributed by atoms with Crippen LogP contribution in [0.3, 0.4) is 0 Å². The normalized spacial score (nSPS) is 21.0. The highest BCUT2D eigenvalue weighted by Gasteiger charge is 2.37. The maximum Gasteiger partial charge on any atom is 0.103 e. The zero-order valence-corrected chi connectivity index (χ0v) is 17.2. The molecule has 0 amide bonds. The van der Waals surface area contributed by atoms with E-state index in [0.29, 0.717) is 26.4 Å². The molecule has 1 saturated heterocycles. The number of benzene rings is 3. The van der Waals surface area contributed by atoms with Crippen molar-refractivity contribution in [3.8, 4) is 0 Å². The van der Waals surface area contributed by atoms with E-state index >= 15 is 0 Å². The smallest absolute Gasteiger partial charge is 0.103 e. The highest BCUT2D eigenvalue weighted by molar-refractivity contribution is 5.15. The van der Waals surface area contributed by atoms with Crippen molar-refractivity contribution >= 4 is 0 Å². The van der Waals surface area contributed by atoms with Crippen LogP contribution in [0.2, 0.25) is 0 Å². The molecule has 4 rings (SSSR count). The zero-order chi connectivity index (χ0) is 20.4. The van der Waals surface area contributed by atoms with Gasteiger partial charge in [0.2, 0.25) is 0 Å². The summed E-state index contributed by atoms with van der Waals surface area (Å²) in [5, 5.41) is 3.54. The molecule has 3 atom stereocenters. The summed E-state index contributed by atoms with van der Waals surface area (Å²) in [6, 6.07) is 30.9. The Morgan fingerprint density at radius 1 is 0.633 bits per heavy atom. The van der Waals surface area contributed by atoms with E-state index in [1.807, 2.05) is 54.6 Å². The molecule has 3 aromatic carbocycles. The first-order valence-electron chi connectivity index (χ1n) is 10.5. The summed E-state index contributed by atoms with van der Waals surface area (Å²) >= 11 is 0. The van der Waals surface area contributed by atoms with Crippen LogP contribution in [0.1, 0.15) is 16.7 Å². The van der Waals surface area contributed by atoms with E-state index in [1.165, 1.54) is 11.1 Å². The van der Waals surface area contributed by atoms with Crippen molar-refractivity contribution in [1.82, 2.24) is 5.32 Å². The molecular formula is C26H29NO3. The van der Waals surface area contributed by atoms with Crippen molar-refractivity contribution in [3.05, 3.63) is 108 Å². The SMILES string of the molecule is c1ccc(COCC2NCC(OCc3ccccc3)C2OCc2ccccc2)cc1. The summed E-state index contributed by atoms with van der Waals surface area (Å²) in [5.74, 6) is 0. The summed E-state index contributed by atoms with van der Waals surface area (Å²) in [6.45, 7) is 3.08. The second kappa shape index (κ2) is 11.0. The predicted octanol–water partition coefficient (Wildman–Crippen LogP) is 4.35. The lowest BCUT2D eigenvalue weighted by molar-refractivity contribution is -0.0786. The molecule has 0 radical (unpaired) electrons. The van der Waals surface area contributed by atoms with Crippen LogP contribution in [0.25, 0.3) is 0 Å². The van der Waals surface area contributed by atoms with E-state index in [9.17, 15) is 0 Å². The Morgan fingerprint density at radius 3 is 1.70 bits per heavy atom. The van der Waals surface area contributed by atoms with Crippen LogP contribution in [0, 0.1) is 0 Å². The summed E-state index contributed by atoms with van der Waals surface area (Å²) < 4.78 is 18.6. The largest absolute Gasteiger partial charge is 0.375 e. The third-order valence-electron chi connectivity index (χ3n) is 5.35. The zero-order valence-electron chi connectivity index (χ0n) is 17.2. The number of hydrogen-bond acceptors (Lipinski definition) is 4. The molecule has 0 aromatic heterocycles. The van der Waals surface area contributed by atoms with Gasteiger partial charge in [0, 0.05) is 6.54 Å². The van der Waals surface area contributed by atoms with Crippen LogP contribution in [-0.4, -0.2) is 31.4 Å². The predicted molar refractivity (Wildman–Crippen MR) is 118 cm³/mol. The van der Waals surface area contributed by atoms with Crippen molar-refractivity contribution in [3.63, 3.8) is 0 Å². The molecule has 0 saturated carbocycles. The molecule has 4 nitrogen and oxygen atoms in total. The lowest BCUT2D eigenvalue weighted by Crippen LogP contribution is -2.39. The second-order valence-corrected chi connectivity index (χ2v) is 7.61. The summed E-state index contributed by atoms with van der Waals surface area (Å²) in [7, 11) is 0. The van der Waals surface area contributed by atoms with Gasteiger partial charge in [-0.1, -0.05) is 91.0 Å². The van der Waals surface area contributed by atoms with Crippen molar-refractivity contribution in [2.45, 2.75) is 38.1 Å². The van der Waals surface area contributed by atoms with Crippen molar-refractivity contribution in [2.75, 3.05) is 13.2 Å². The topological polar surface area (TPSA) is 39.7 Å². The molecule has 1 fully saturated rings. The molecule has 0 bridgehead atoms. The minimum atomic E-state index is -0.0651. The standard InChI is InChI=1S/C26H29NO3/c1-4-10-21(11-5-1)17-28-20-24-26(30-19-23-14-8-3-9-15-23)25(16-27-24)29-18-22-12-6-2-7-13-22/h1-15,24-27H,16-20H2. The number of ether oxygens (including phenoxy) is 3. The van der Waals surface area contributed by atoms with Crippen LogP contribution in [-0.2, 0) is 34.0 Å². The molecule has 156 valence electrons. The highest BCUT2D eigenvalue weighted by atomic mass is 16.5. The van der Waals surface area contributed by atoms with Gasteiger partial charge in [0.1, 0.15) is 6.10 Å². The maximum atomic E-state index is 6.34. The van der Waals surface area contributed by atoms with E-state index in [0.717, 1.165) is 12.1 Å². The molecule has 1 N–H and O–H groups in total. The Kier molecular flexibility index (Phi) is 7.64. The monoisotopic (exact) mass is 403 g/mol. The van der Waals surface area contributed by atoms with Crippen LogP contribution < -0.4 is 5.32 Å². The van der Waals surface area contributed by atoms with E-state index < -0.39 is 0 Å². The van der Waals surface area contributed by atoms with Crippen LogP contribution in [0.15, 0.2) is 91.0 Å². The molecule has 0 spiro atoms. The summed E-state index contributed by atoms with van der Waals surface area (Å²) in [6.07, 6.45) is -0.0797. The Morgan fingerprint density at radius 2 is 1.13 bits per heavy atom. The van der Waals surface area contributed by atoms with Crippen LogP contribution in [0.5, 0.6) is 0 Å². The number of hydrogen-bond donors (Lipinski definition) is 1. The van der Waals surface area contributed by atoms with Gasteiger partial charge in [-0.25, -0.2) is 0 Å². The van der Waals surface area contributed by atoms with Gasteiger partial charge >= 0.3 is 0 Å². The second-order valence-electron chi connectivity index (χ2n) is 7.61. The van der Waals surface area contributed by atoms with Gasteiger partial charge in [-0.15, -0.1) is 0 Å². The van der Waals surface area contributed by atoms with Crippen molar-refractivity contribution in [2.24, 2.45) is 0 Å². The molecule has 30 heavy (non-hydrogen) atoms. The van der Waals surface area contributed by atoms with E-state index in [-0.39, 0.29) is 18.2 Å². The average Bonchev–Trinajstić information content (AvgIpc) is 3.20. The van der Waals surface area contributed by atoms with E-state index in [1.54, 1.807) is 0 Å². The van der Waals surface area contributed by atoms with E-state index in [4.69, 9.17) is 14.2 Å². The number of rotatable bonds is 10. The van der Waals surface area contributed by atoms with Gasteiger partial charge in [0.05, 0.1) is 38.6 Å². The molecule has 4 heteroatoms. The van der Waals surface area contributed by atoms with Crippen LogP contribution in [0.4, 0.5) is 0 Å². The van der Waals surface area contributed by atoms with Gasteiger partial charge < -0.3 is 19.5 Å². The van der Waals surface area contributed by atoms with E-state index in [2.05, 4.69) is 41.7 Å². The molecule has 1 heterocycles. The minimum Gasteiger partial charge on any atom is -0.375 e. The Balaban J connectivity index is 1.35.